The lowest BCUT2D eigenvalue weighted by Crippen LogP contribution is -2.49. The molecule has 0 spiro atoms. The third-order valence-electron chi connectivity index (χ3n) is 4.57. The first-order valence-electron chi connectivity index (χ1n) is 8.20. The summed E-state index contributed by atoms with van der Waals surface area (Å²) in [6.45, 7) is 3.41. The average Bonchev–Trinajstić information content (AvgIpc) is 2.63. The van der Waals surface area contributed by atoms with Crippen LogP contribution in [0.2, 0.25) is 0 Å². The number of likely N-dealkylation sites (tertiary alicyclic amines) is 1. The Morgan fingerprint density at radius 2 is 1.92 bits per heavy atom. The quantitative estimate of drug-likeness (QED) is 0.827. The molecule has 0 aromatic heterocycles. The Hall–Kier alpha value is -1.60. The molecule has 0 saturated carbocycles. The number of amides is 2. The largest absolute Gasteiger partial charge is 0.507 e. The highest BCUT2D eigenvalue weighted by atomic mass is 79.9. The number of carbonyl (C=O) groups is 2. The molecule has 2 amide bonds. The SMILES string of the molecule is O=C(c1cc(Br)ccc1O)N1CCCC(C(=O)N2CCOCC2)C1. The summed E-state index contributed by atoms with van der Waals surface area (Å²) in [7, 11) is 0. The summed E-state index contributed by atoms with van der Waals surface area (Å²) in [5.74, 6) is -0.331. The van der Waals surface area contributed by atoms with E-state index in [0.29, 0.717) is 39.4 Å². The van der Waals surface area contributed by atoms with E-state index < -0.39 is 0 Å². The lowest BCUT2D eigenvalue weighted by Gasteiger charge is -2.36. The monoisotopic (exact) mass is 396 g/mol. The molecule has 0 bridgehead atoms. The molecule has 3 rings (SSSR count). The van der Waals surface area contributed by atoms with Crippen molar-refractivity contribution in [1.82, 2.24) is 9.80 Å². The molecule has 2 aliphatic heterocycles. The van der Waals surface area contributed by atoms with E-state index in [2.05, 4.69) is 15.9 Å². The van der Waals surface area contributed by atoms with Gasteiger partial charge in [-0.3, -0.25) is 9.59 Å². The fraction of sp³-hybridized carbons (Fsp3) is 0.529. The maximum Gasteiger partial charge on any atom is 0.257 e. The molecule has 1 N–H and O–H groups in total. The summed E-state index contributed by atoms with van der Waals surface area (Å²) in [5.41, 5.74) is 0.267. The number of ether oxygens (including phenoxy) is 1. The number of rotatable bonds is 2. The summed E-state index contributed by atoms with van der Waals surface area (Å²) in [5, 5.41) is 9.96. The van der Waals surface area contributed by atoms with Crippen molar-refractivity contribution in [3.8, 4) is 5.75 Å². The predicted molar refractivity (Wildman–Crippen MR) is 91.8 cm³/mol. The Kier molecular flexibility index (Phi) is 5.40. The Bertz CT molecular complexity index is 631. The second-order valence-electron chi connectivity index (χ2n) is 6.19. The number of phenols is 1. The van der Waals surface area contributed by atoms with Gasteiger partial charge in [0.1, 0.15) is 5.75 Å². The van der Waals surface area contributed by atoms with Crippen LogP contribution >= 0.6 is 15.9 Å². The average molecular weight is 397 g/mol. The molecule has 2 saturated heterocycles. The smallest absolute Gasteiger partial charge is 0.257 e. The lowest BCUT2D eigenvalue weighted by atomic mass is 9.95. The van der Waals surface area contributed by atoms with Crippen LogP contribution in [0.3, 0.4) is 0 Å². The van der Waals surface area contributed by atoms with Crippen molar-refractivity contribution >= 4 is 27.7 Å². The molecule has 0 aliphatic carbocycles. The zero-order chi connectivity index (χ0) is 17.1. The number of nitrogens with zero attached hydrogens (tertiary/aromatic N) is 2. The summed E-state index contributed by atoms with van der Waals surface area (Å²) in [6, 6.07) is 4.80. The first-order chi connectivity index (χ1) is 11.6. The van der Waals surface area contributed by atoms with E-state index in [1.165, 1.54) is 6.07 Å². The maximum absolute atomic E-state index is 12.7. The van der Waals surface area contributed by atoms with Crippen LogP contribution in [-0.2, 0) is 9.53 Å². The molecular weight excluding hydrogens is 376 g/mol. The standard InChI is InChI=1S/C17H21BrN2O4/c18-13-3-4-15(21)14(10-13)17(23)20-5-1-2-12(11-20)16(22)19-6-8-24-9-7-19/h3-4,10,12,21H,1-2,5-9,11H2. The molecule has 2 fully saturated rings. The van der Waals surface area contributed by atoms with Gasteiger partial charge in [-0.05, 0) is 31.0 Å². The Labute approximate surface area is 149 Å². The summed E-state index contributed by atoms with van der Waals surface area (Å²) >= 11 is 3.32. The van der Waals surface area contributed by atoms with Crippen LogP contribution in [0.15, 0.2) is 22.7 Å². The lowest BCUT2D eigenvalue weighted by molar-refractivity contribution is -0.141. The van der Waals surface area contributed by atoms with E-state index in [1.807, 2.05) is 4.90 Å². The zero-order valence-electron chi connectivity index (χ0n) is 13.4. The van der Waals surface area contributed by atoms with Crippen LogP contribution < -0.4 is 0 Å². The van der Waals surface area contributed by atoms with Crippen molar-refractivity contribution in [3.05, 3.63) is 28.2 Å². The zero-order valence-corrected chi connectivity index (χ0v) is 15.0. The third-order valence-corrected chi connectivity index (χ3v) is 5.06. The van der Waals surface area contributed by atoms with Crippen LogP contribution in [0.5, 0.6) is 5.75 Å². The normalized spacial score (nSPS) is 21.6. The van der Waals surface area contributed by atoms with Crippen molar-refractivity contribution in [2.24, 2.45) is 5.92 Å². The van der Waals surface area contributed by atoms with Gasteiger partial charge in [0.25, 0.3) is 5.91 Å². The number of carbonyl (C=O) groups excluding carboxylic acids is 2. The van der Waals surface area contributed by atoms with Crippen molar-refractivity contribution in [1.29, 1.82) is 0 Å². The molecule has 2 aliphatic rings. The van der Waals surface area contributed by atoms with E-state index in [0.717, 1.165) is 17.3 Å². The van der Waals surface area contributed by atoms with Gasteiger partial charge in [-0.2, -0.15) is 0 Å². The Morgan fingerprint density at radius 1 is 1.17 bits per heavy atom. The minimum Gasteiger partial charge on any atom is -0.507 e. The molecular formula is C17H21BrN2O4. The molecule has 1 unspecified atom stereocenters. The minimum atomic E-state index is -0.228. The highest BCUT2D eigenvalue weighted by Crippen LogP contribution is 2.26. The van der Waals surface area contributed by atoms with Crippen LogP contribution in [0.4, 0.5) is 0 Å². The molecule has 1 aromatic rings. The van der Waals surface area contributed by atoms with E-state index in [9.17, 15) is 14.7 Å². The summed E-state index contributed by atoms with van der Waals surface area (Å²) in [6.07, 6.45) is 1.59. The number of halogens is 1. The number of aromatic hydroxyl groups is 1. The van der Waals surface area contributed by atoms with E-state index in [1.54, 1.807) is 17.0 Å². The first kappa shape index (κ1) is 17.2. The molecule has 0 radical (unpaired) electrons. The van der Waals surface area contributed by atoms with E-state index >= 15 is 0 Å². The van der Waals surface area contributed by atoms with Crippen LogP contribution in [0.1, 0.15) is 23.2 Å². The first-order valence-corrected chi connectivity index (χ1v) is 9.00. The molecule has 1 atom stereocenters. The molecule has 7 heteroatoms. The highest BCUT2D eigenvalue weighted by molar-refractivity contribution is 9.10. The predicted octanol–water partition coefficient (Wildman–Crippen LogP) is 1.87. The van der Waals surface area contributed by atoms with Crippen LogP contribution in [0.25, 0.3) is 0 Å². The summed E-state index contributed by atoms with van der Waals surface area (Å²) < 4.78 is 6.03. The van der Waals surface area contributed by atoms with Gasteiger partial charge >= 0.3 is 0 Å². The van der Waals surface area contributed by atoms with Gasteiger partial charge in [0.15, 0.2) is 0 Å². The van der Waals surface area contributed by atoms with Gasteiger partial charge in [-0.25, -0.2) is 0 Å². The van der Waals surface area contributed by atoms with Crippen molar-refractivity contribution in [2.75, 3.05) is 39.4 Å². The van der Waals surface area contributed by atoms with Crippen LogP contribution in [-0.4, -0.2) is 66.1 Å². The number of piperidine rings is 1. The van der Waals surface area contributed by atoms with Gasteiger partial charge in [-0.15, -0.1) is 0 Å². The topological polar surface area (TPSA) is 70.1 Å². The number of hydrogen-bond donors (Lipinski definition) is 1. The van der Waals surface area contributed by atoms with Crippen molar-refractivity contribution < 1.29 is 19.4 Å². The van der Waals surface area contributed by atoms with Gasteiger partial charge in [0.05, 0.1) is 24.7 Å². The second kappa shape index (κ2) is 7.53. The van der Waals surface area contributed by atoms with Gasteiger partial charge in [-0.1, -0.05) is 15.9 Å². The van der Waals surface area contributed by atoms with E-state index in [4.69, 9.17) is 4.74 Å². The van der Waals surface area contributed by atoms with Crippen molar-refractivity contribution in [3.63, 3.8) is 0 Å². The third kappa shape index (κ3) is 3.72. The van der Waals surface area contributed by atoms with E-state index in [-0.39, 0.29) is 29.0 Å². The Balaban J connectivity index is 1.69. The number of morpholine rings is 1. The van der Waals surface area contributed by atoms with Crippen LogP contribution in [0, 0.1) is 5.92 Å². The molecule has 130 valence electrons. The number of phenolic OH excluding ortho intramolecular Hbond substituents is 1. The number of benzene rings is 1. The van der Waals surface area contributed by atoms with Crippen molar-refractivity contribution in [2.45, 2.75) is 12.8 Å². The molecule has 24 heavy (non-hydrogen) atoms. The van der Waals surface area contributed by atoms with Gasteiger partial charge < -0.3 is 19.6 Å². The van der Waals surface area contributed by atoms with Gasteiger partial charge in [0.2, 0.25) is 5.91 Å². The van der Waals surface area contributed by atoms with Gasteiger partial charge in [0, 0.05) is 30.7 Å². The molecule has 6 nitrogen and oxygen atoms in total. The number of hydrogen-bond acceptors (Lipinski definition) is 4. The minimum absolute atomic E-state index is 0.0372. The summed E-state index contributed by atoms with van der Waals surface area (Å²) in [4.78, 5) is 28.9. The Morgan fingerprint density at radius 3 is 2.67 bits per heavy atom. The molecule has 1 aromatic carbocycles. The maximum atomic E-state index is 12.7. The fourth-order valence-electron chi connectivity index (χ4n) is 3.26. The highest BCUT2D eigenvalue weighted by Gasteiger charge is 2.32. The molecule has 2 heterocycles. The fourth-order valence-corrected chi connectivity index (χ4v) is 3.62. The second-order valence-corrected chi connectivity index (χ2v) is 7.11.